The Kier molecular flexibility index (Phi) is 5.26. The zero-order valence-electron chi connectivity index (χ0n) is 11.2. The topological polar surface area (TPSA) is 35.5 Å². The highest BCUT2D eigenvalue weighted by Crippen LogP contribution is 2.23. The molecule has 2 aliphatic rings. The van der Waals surface area contributed by atoms with Gasteiger partial charge in [0.1, 0.15) is 0 Å². The molecule has 0 saturated heterocycles. The summed E-state index contributed by atoms with van der Waals surface area (Å²) in [5.74, 6) is 0. The van der Waals surface area contributed by atoms with Crippen LogP contribution in [0, 0.1) is 0 Å². The maximum atomic E-state index is 9.46. The molecule has 0 aromatic carbocycles. The van der Waals surface area contributed by atoms with E-state index in [1.54, 1.807) is 0 Å². The van der Waals surface area contributed by atoms with Crippen molar-refractivity contribution in [3.05, 3.63) is 0 Å². The molecule has 3 nitrogen and oxygen atoms in total. The van der Waals surface area contributed by atoms with Gasteiger partial charge in [-0.25, -0.2) is 0 Å². The molecule has 0 heterocycles. The Morgan fingerprint density at radius 1 is 1.18 bits per heavy atom. The lowest BCUT2D eigenvalue weighted by Crippen LogP contribution is -2.48. The van der Waals surface area contributed by atoms with Gasteiger partial charge in [0.25, 0.3) is 0 Å². The molecule has 0 aliphatic heterocycles. The summed E-state index contributed by atoms with van der Waals surface area (Å²) in [6.45, 7) is 4.67. The number of hydrogen-bond acceptors (Lipinski definition) is 3. The van der Waals surface area contributed by atoms with Gasteiger partial charge in [-0.05, 0) is 32.2 Å². The fourth-order valence-electron chi connectivity index (χ4n) is 3.01. The summed E-state index contributed by atoms with van der Waals surface area (Å²) in [7, 11) is 0. The van der Waals surface area contributed by atoms with Crippen LogP contribution in [0.3, 0.4) is 0 Å². The van der Waals surface area contributed by atoms with Gasteiger partial charge >= 0.3 is 0 Å². The molecule has 3 heteroatoms. The Hall–Kier alpha value is -0.120. The molecule has 17 heavy (non-hydrogen) atoms. The lowest BCUT2D eigenvalue weighted by molar-refractivity contribution is 0.125. The number of nitrogens with one attached hydrogen (secondary N) is 1. The monoisotopic (exact) mass is 240 g/mol. The second-order valence-electron chi connectivity index (χ2n) is 5.70. The summed E-state index contributed by atoms with van der Waals surface area (Å²) >= 11 is 0. The summed E-state index contributed by atoms with van der Waals surface area (Å²) in [5, 5.41) is 13.0. The number of rotatable bonds is 7. The Morgan fingerprint density at radius 2 is 1.88 bits per heavy atom. The van der Waals surface area contributed by atoms with Gasteiger partial charge in [-0.3, -0.25) is 4.90 Å². The summed E-state index contributed by atoms with van der Waals surface area (Å²) < 4.78 is 0. The van der Waals surface area contributed by atoms with E-state index in [-0.39, 0.29) is 12.6 Å². The molecule has 100 valence electrons. The molecule has 1 atom stereocenters. The molecule has 2 fully saturated rings. The average Bonchev–Trinajstić information content (AvgIpc) is 3.19. The van der Waals surface area contributed by atoms with E-state index < -0.39 is 0 Å². The molecule has 0 aromatic heterocycles. The van der Waals surface area contributed by atoms with E-state index >= 15 is 0 Å². The number of aliphatic hydroxyl groups is 1. The van der Waals surface area contributed by atoms with Gasteiger partial charge < -0.3 is 10.4 Å². The second kappa shape index (κ2) is 6.72. The van der Waals surface area contributed by atoms with Gasteiger partial charge in [-0.15, -0.1) is 0 Å². The van der Waals surface area contributed by atoms with Gasteiger partial charge in [0, 0.05) is 24.7 Å². The number of likely N-dealkylation sites (N-methyl/N-ethyl adjacent to an activating group) is 1. The van der Waals surface area contributed by atoms with Crippen LogP contribution in [0.5, 0.6) is 0 Å². The van der Waals surface area contributed by atoms with Crippen molar-refractivity contribution in [3.8, 4) is 0 Å². The molecule has 1 unspecified atom stereocenters. The predicted molar refractivity (Wildman–Crippen MR) is 71.2 cm³/mol. The molecule has 2 rings (SSSR count). The van der Waals surface area contributed by atoms with Crippen LogP contribution in [-0.4, -0.2) is 47.8 Å². The first-order valence-electron chi connectivity index (χ1n) is 7.44. The molecule has 0 bridgehead atoms. The van der Waals surface area contributed by atoms with Crippen LogP contribution in [0.4, 0.5) is 0 Å². The fourth-order valence-corrected chi connectivity index (χ4v) is 3.01. The number of hydrogen-bond donors (Lipinski definition) is 2. The Morgan fingerprint density at radius 3 is 2.41 bits per heavy atom. The molecule has 2 N–H and O–H groups in total. The number of nitrogens with zero attached hydrogens (tertiary/aromatic N) is 1. The zero-order valence-corrected chi connectivity index (χ0v) is 11.2. The van der Waals surface area contributed by atoms with E-state index in [0.717, 1.165) is 19.1 Å². The van der Waals surface area contributed by atoms with Crippen molar-refractivity contribution in [3.63, 3.8) is 0 Å². The normalized spacial score (nSPS) is 24.2. The molecule has 0 aromatic rings. The minimum absolute atomic E-state index is 0.278. The molecule has 0 amide bonds. The van der Waals surface area contributed by atoms with E-state index in [9.17, 15) is 5.11 Å². The van der Waals surface area contributed by atoms with E-state index in [4.69, 9.17) is 0 Å². The first-order valence-corrected chi connectivity index (χ1v) is 7.44. The minimum atomic E-state index is 0.278. The highest BCUT2D eigenvalue weighted by atomic mass is 16.3. The van der Waals surface area contributed by atoms with E-state index in [1.807, 2.05) is 0 Å². The second-order valence-corrected chi connectivity index (χ2v) is 5.70. The SMILES string of the molecule is CCN(CC(CO)NC1CC1)C1CCCCC1. The van der Waals surface area contributed by atoms with Gasteiger partial charge in [0.15, 0.2) is 0 Å². The molecule has 2 aliphatic carbocycles. The average molecular weight is 240 g/mol. The smallest absolute Gasteiger partial charge is 0.0597 e. The Bertz CT molecular complexity index is 212. The van der Waals surface area contributed by atoms with Crippen molar-refractivity contribution < 1.29 is 5.11 Å². The molecule has 0 radical (unpaired) electrons. The van der Waals surface area contributed by atoms with Crippen molar-refractivity contribution >= 4 is 0 Å². The predicted octanol–water partition coefficient (Wildman–Crippen LogP) is 1.75. The lowest BCUT2D eigenvalue weighted by atomic mass is 9.94. The van der Waals surface area contributed by atoms with Crippen molar-refractivity contribution in [2.75, 3.05) is 19.7 Å². The molecular weight excluding hydrogens is 212 g/mol. The summed E-state index contributed by atoms with van der Waals surface area (Å²) in [6, 6.07) is 1.74. The van der Waals surface area contributed by atoms with Crippen LogP contribution in [0.1, 0.15) is 51.9 Å². The van der Waals surface area contributed by atoms with Crippen molar-refractivity contribution in [2.24, 2.45) is 0 Å². The van der Waals surface area contributed by atoms with Gasteiger partial charge in [0.2, 0.25) is 0 Å². The third kappa shape index (κ3) is 4.23. The summed E-state index contributed by atoms with van der Waals surface area (Å²) in [5.41, 5.74) is 0. The molecule has 2 saturated carbocycles. The summed E-state index contributed by atoms with van der Waals surface area (Å²) in [6.07, 6.45) is 9.50. The third-order valence-corrected chi connectivity index (χ3v) is 4.22. The Labute approximate surface area is 106 Å². The largest absolute Gasteiger partial charge is 0.395 e. The van der Waals surface area contributed by atoms with Gasteiger partial charge in [0.05, 0.1) is 6.61 Å². The third-order valence-electron chi connectivity index (χ3n) is 4.22. The lowest BCUT2D eigenvalue weighted by Gasteiger charge is -2.35. The van der Waals surface area contributed by atoms with Gasteiger partial charge in [-0.2, -0.15) is 0 Å². The fraction of sp³-hybridized carbons (Fsp3) is 1.00. The van der Waals surface area contributed by atoms with E-state index in [0.29, 0.717) is 6.04 Å². The zero-order chi connectivity index (χ0) is 12.1. The summed E-state index contributed by atoms with van der Waals surface area (Å²) in [4.78, 5) is 2.58. The maximum absolute atomic E-state index is 9.46. The number of aliphatic hydroxyl groups excluding tert-OH is 1. The van der Waals surface area contributed by atoms with Crippen LogP contribution in [0.15, 0.2) is 0 Å². The first-order chi connectivity index (χ1) is 8.33. The van der Waals surface area contributed by atoms with Crippen LogP contribution >= 0.6 is 0 Å². The van der Waals surface area contributed by atoms with E-state index in [1.165, 1.54) is 44.9 Å². The van der Waals surface area contributed by atoms with Crippen molar-refractivity contribution in [1.29, 1.82) is 0 Å². The van der Waals surface area contributed by atoms with Crippen LogP contribution in [0.25, 0.3) is 0 Å². The quantitative estimate of drug-likeness (QED) is 0.712. The highest BCUT2D eigenvalue weighted by molar-refractivity contribution is 4.87. The van der Waals surface area contributed by atoms with Crippen molar-refractivity contribution in [2.45, 2.75) is 70.0 Å². The standard InChI is InChI=1S/C14H28N2O/c1-2-16(14-6-4-3-5-7-14)10-13(11-17)15-12-8-9-12/h12-15,17H,2-11H2,1H3. The minimum Gasteiger partial charge on any atom is -0.395 e. The van der Waals surface area contributed by atoms with Crippen LogP contribution in [-0.2, 0) is 0 Å². The van der Waals surface area contributed by atoms with Crippen molar-refractivity contribution in [1.82, 2.24) is 10.2 Å². The molecule has 0 spiro atoms. The first kappa shape index (κ1) is 13.3. The van der Waals surface area contributed by atoms with E-state index in [2.05, 4.69) is 17.1 Å². The van der Waals surface area contributed by atoms with Crippen LogP contribution < -0.4 is 5.32 Å². The Balaban J connectivity index is 1.78. The van der Waals surface area contributed by atoms with Crippen LogP contribution in [0.2, 0.25) is 0 Å². The van der Waals surface area contributed by atoms with Gasteiger partial charge in [-0.1, -0.05) is 26.2 Å². The highest BCUT2D eigenvalue weighted by Gasteiger charge is 2.27. The molecular formula is C14H28N2O. The maximum Gasteiger partial charge on any atom is 0.0597 e.